The first kappa shape index (κ1) is 23.5. The average molecular weight is 487 g/mol. The van der Waals surface area contributed by atoms with Gasteiger partial charge in [-0.05, 0) is 66.6 Å². The second-order valence-electron chi connectivity index (χ2n) is 9.92. The number of aryl methyl sites for hydroxylation is 1. The summed E-state index contributed by atoms with van der Waals surface area (Å²) in [6.45, 7) is 8.15. The predicted molar refractivity (Wildman–Crippen MR) is 138 cm³/mol. The molecule has 0 saturated carbocycles. The van der Waals surface area contributed by atoms with Crippen LogP contribution in [-0.2, 0) is 17.3 Å². The third kappa shape index (κ3) is 4.43. The number of anilines is 1. The molecule has 0 unspecified atom stereocenters. The Bertz CT molecular complexity index is 1330. The van der Waals surface area contributed by atoms with Gasteiger partial charge in [0.25, 0.3) is 11.8 Å². The van der Waals surface area contributed by atoms with E-state index in [1.54, 1.807) is 47.4 Å². The molecular weight excluding hydrogens is 456 g/mol. The number of nitrogens with zero attached hydrogens (tertiary/aromatic N) is 2. The van der Waals surface area contributed by atoms with Crippen molar-refractivity contribution in [2.24, 2.45) is 11.8 Å². The Balaban J connectivity index is 1.61. The fraction of sp³-hybridized carbons (Fsp3) is 0.310. The number of amides is 2. The summed E-state index contributed by atoms with van der Waals surface area (Å²) in [5.74, 6) is 0.650. The van der Waals surface area contributed by atoms with E-state index in [1.807, 2.05) is 36.1 Å². The van der Waals surface area contributed by atoms with Crippen molar-refractivity contribution in [2.75, 3.05) is 18.0 Å². The van der Waals surface area contributed by atoms with Gasteiger partial charge in [0, 0.05) is 18.7 Å². The quantitative estimate of drug-likeness (QED) is 0.495. The maximum atomic E-state index is 13.8. The maximum Gasteiger partial charge on any atom is 0.259 e. The largest absolute Gasteiger partial charge is 0.338 e. The normalized spacial score (nSPS) is 21.8. The van der Waals surface area contributed by atoms with Gasteiger partial charge in [-0.2, -0.15) is 0 Å². The average Bonchev–Trinajstić information content (AvgIpc) is 2.93. The molecule has 0 aromatic heterocycles. The van der Waals surface area contributed by atoms with Crippen LogP contribution in [0.25, 0.3) is 0 Å². The number of fused-ring (bicyclic) bond motifs is 2. The van der Waals surface area contributed by atoms with Crippen molar-refractivity contribution >= 4 is 28.3 Å². The van der Waals surface area contributed by atoms with E-state index in [4.69, 9.17) is 0 Å². The third-order valence-corrected chi connectivity index (χ3v) is 8.50. The third-order valence-electron chi connectivity index (χ3n) is 7.00. The van der Waals surface area contributed by atoms with E-state index in [9.17, 15) is 13.8 Å². The number of carbonyl (C=O) groups is 2. The van der Waals surface area contributed by atoms with Crippen LogP contribution in [0.4, 0.5) is 5.69 Å². The molecule has 0 N–H and O–H groups in total. The number of hydrogen-bond acceptors (Lipinski definition) is 3. The Kier molecular flexibility index (Phi) is 6.32. The lowest BCUT2D eigenvalue weighted by Gasteiger charge is -2.35. The molecule has 1 saturated heterocycles. The highest BCUT2D eigenvalue weighted by Crippen LogP contribution is 2.37. The van der Waals surface area contributed by atoms with Gasteiger partial charge in [0.05, 0.1) is 38.4 Å². The summed E-state index contributed by atoms with van der Waals surface area (Å²) in [5, 5.41) is 0. The van der Waals surface area contributed by atoms with E-state index >= 15 is 0 Å². The van der Waals surface area contributed by atoms with Gasteiger partial charge in [0.15, 0.2) is 0 Å². The van der Waals surface area contributed by atoms with E-state index in [1.165, 1.54) is 0 Å². The van der Waals surface area contributed by atoms with Gasteiger partial charge in [-0.15, -0.1) is 0 Å². The molecule has 5 nitrogen and oxygen atoms in total. The zero-order chi connectivity index (χ0) is 24.7. The summed E-state index contributed by atoms with van der Waals surface area (Å²) in [7, 11) is -1.54. The van der Waals surface area contributed by atoms with E-state index in [0.717, 1.165) is 30.6 Å². The number of benzene rings is 3. The number of rotatable bonds is 3. The zero-order valence-corrected chi connectivity index (χ0v) is 21.2. The van der Waals surface area contributed by atoms with Crippen LogP contribution in [0, 0.1) is 18.8 Å². The highest BCUT2D eigenvalue weighted by molar-refractivity contribution is 7.85. The Morgan fingerprint density at radius 3 is 2.37 bits per heavy atom. The minimum Gasteiger partial charge on any atom is -0.338 e. The van der Waals surface area contributed by atoms with Crippen molar-refractivity contribution in [3.8, 4) is 0 Å². The van der Waals surface area contributed by atoms with Gasteiger partial charge in [-0.25, -0.2) is 4.21 Å². The van der Waals surface area contributed by atoms with Crippen molar-refractivity contribution in [1.82, 2.24) is 4.90 Å². The Morgan fingerprint density at radius 1 is 0.943 bits per heavy atom. The minimum atomic E-state index is -1.54. The van der Waals surface area contributed by atoms with Crippen molar-refractivity contribution in [3.63, 3.8) is 0 Å². The molecule has 5 rings (SSSR count). The molecule has 1 fully saturated rings. The first-order chi connectivity index (χ1) is 16.8. The molecule has 0 spiro atoms. The molecule has 3 aromatic carbocycles. The fourth-order valence-corrected chi connectivity index (χ4v) is 6.67. The van der Waals surface area contributed by atoms with Gasteiger partial charge >= 0.3 is 0 Å². The standard InChI is InChI=1S/C29H30N2O3S/c1-19-14-20(2)17-30(16-19)28(32)22-12-13-27-25(15-22)31(18-23-9-5-4-8-21(23)3)29(33)24-10-6-7-11-26(24)35(27)34/h4-13,15,19-20H,14,16-18H2,1-3H3/t19-,20+,35-/m1/s1. The first-order valence-electron chi connectivity index (χ1n) is 12.1. The number of likely N-dealkylation sites (tertiary alicyclic amines) is 1. The molecule has 2 aliphatic heterocycles. The predicted octanol–water partition coefficient (Wildman–Crippen LogP) is 5.44. The zero-order valence-electron chi connectivity index (χ0n) is 20.4. The number of carbonyl (C=O) groups excluding carboxylic acids is 2. The fourth-order valence-electron chi connectivity index (χ4n) is 5.32. The molecule has 3 atom stereocenters. The summed E-state index contributed by atoms with van der Waals surface area (Å²) in [6.07, 6.45) is 1.11. The van der Waals surface area contributed by atoms with Crippen LogP contribution in [0.3, 0.4) is 0 Å². The van der Waals surface area contributed by atoms with Crippen molar-refractivity contribution < 1.29 is 13.8 Å². The van der Waals surface area contributed by atoms with Crippen molar-refractivity contribution in [3.05, 3.63) is 89.0 Å². The Morgan fingerprint density at radius 2 is 1.63 bits per heavy atom. The van der Waals surface area contributed by atoms with E-state index in [2.05, 4.69) is 13.8 Å². The van der Waals surface area contributed by atoms with Crippen LogP contribution in [0.2, 0.25) is 0 Å². The molecule has 3 aromatic rings. The lowest BCUT2D eigenvalue weighted by atomic mass is 9.91. The molecule has 2 heterocycles. The topological polar surface area (TPSA) is 57.7 Å². The first-order valence-corrected chi connectivity index (χ1v) is 13.3. The van der Waals surface area contributed by atoms with E-state index < -0.39 is 10.8 Å². The molecule has 0 radical (unpaired) electrons. The SMILES string of the molecule is Cc1ccccc1CN1C(=O)c2ccccc2[S@@](=O)c2ccc(C(=O)N3C[C@H](C)C[C@H](C)C3)cc21. The molecule has 2 aliphatic rings. The highest BCUT2D eigenvalue weighted by Gasteiger charge is 2.33. The summed E-state index contributed by atoms with van der Waals surface area (Å²) >= 11 is 0. The molecule has 35 heavy (non-hydrogen) atoms. The van der Waals surface area contributed by atoms with Crippen LogP contribution in [-0.4, -0.2) is 34.0 Å². The molecule has 180 valence electrons. The lowest BCUT2D eigenvalue weighted by Crippen LogP contribution is -2.42. The molecule has 0 aliphatic carbocycles. The summed E-state index contributed by atoms with van der Waals surface area (Å²) in [4.78, 5) is 32.0. The molecular formula is C29H30N2O3S. The number of hydrogen-bond donors (Lipinski definition) is 0. The second kappa shape index (κ2) is 9.42. The summed E-state index contributed by atoms with van der Waals surface area (Å²) in [6, 6.07) is 20.3. The van der Waals surface area contributed by atoms with Crippen molar-refractivity contribution in [2.45, 2.75) is 43.5 Å². The number of piperidine rings is 1. The van der Waals surface area contributed by atoms with Gasteiger partial charge < -0.3 is 9.80 Å². The van der Waals surface area contributed by atoms with Crippen molar-refractivity contribution in [1.29, 1.82) is 0 Å². The van der Waals surface area contributed by atoms with Gasteiger partial charge in [0.2, 0.25) is 0 Å². The van der Waals surface area contributed by atoms with Gasteiger partial charge in [-0.3, -0.25) is 9.59 Å². The lowest BCUT2D eigenvalue weighted by molar-refractivity contribution is 0.0623. The van der Waals surface area contributed by atoms with Crippen LogP contribution in [0.15, 0.2) is 76.5 Å². The Hall–Kier alpha value is -3.25. The van der Waals surface area contributed by atoms with Gasteiger partial charge in [-0.1, -0.05) is 50.2 Å². The van der Waals surface area contributed by atoms with Crippen LogP contribution >= 0.6 is 0 Å². The van der Waals surface area contributed by atoms with Gasteiger partial charge in [0.1, 0.15) is 0 Å². The monoisotopic (exact) mass is 486 g/mol. The highest BCUT2D eigenvalue weighted by atomic mass is 32.2. The second-order valence-corrected chi connectivity index (χ2v) is 11.3. The molecule has 6 heteroatoms. The maximum absolute atomic E-state index is 13.8. The van der Waals surface area contributed by atoms with Crippen LogP contribution in [0.5, 0.6) is 0 Å². The van der Waals surface area contributed by atoms with E-state index in [-0.39, 0.29) is 11.8 Å². The molecule has 2 amide bonds. The molecule has 0 bridgehead atoms. The summed E-state index contributed by atoms with van der Waals surface area (Å²) < 4.78 is 13.6. The van der Waals surface area contributed by atoms with E-state index in [0.29, 0.717) is 45.0 Å². The minimum absolute atomic E-state index is 0.0398. The Labute approximate surface area is 209 Å². The van der Waals surface area contributed by atoms with Crippen LogP contribution in [0.1, 0.15) is 52.1 Å². The summed E-state index contributed by atoms with van der Waals surface area (Å²) in [5.41, 5.74) is 3.57. The smallest absolute Gasteiger partial charge is 0.259 e. The van der Waals surface area contributed by atoms with Crippen LogP contribution < -0.4 is 4.90 Å².